The highest BCUT2D eigenvalue weighted by molar-refractivity contribution is 5.71. The Balaban J connectivity index is 1.60. The van der Waals surface area contributed by atoms with Crippen LogP contribution in [0.3, 0.4) is 0 Å². The van der Waals surface area contributed by atoms with E-state index < -0.39 is 18.0 Å². The van der Waals surface area contributed by atoms with Gasteiger partial charge in [0.1, 0.15) is 0 Å². The standard InChI is InChI=1S/C30H48O4/c1-17-18(25(33)34)16-23(32)28(5)14-15-29(6)19(24(17)28)8-9-21-27(4)12-11-22(31)26(2,3)20(27)10-13-30(21,29)7/h8,17-18,20-24,31-32H,9-16H2,1-7H3,(H,33,34)/t17-,18+,20-,21+,22?,23?,24-,27-,28-,29+,30+/m0/s1. The highest BCUT2D eigenvalue weighted by Crippen LogP contribution is 2.75. The second-order valence-corrected chi connectivity index (χ2v) is 14.7. The average molecular weight is 473 g/mol. The summed E-state index contributed by atoms with van der Waals surface area (Å²) in [5.41, 5.74) is 1.57. The lowest BCUT2D eigenvalue weighted by atomic mass is 9.33. The number of aliphatic carboxylic acids is 1. The maximum absolute atomic E-state index is 12.2. The Morgan fingerprint density at radius 3 is 2.21 bits per heavy atom. The topological polar surface area (TPSA) is 77.8 Å². The van der Waals surface area contributed by atoms with Crippen LogP contribution in [0.2, 0.25) is 0 Å². The second-order valence-electron chi connectivity index (χ2n) is 14.7. The van der Waals surface area contributed by atoms with Crippen molar-refractivity contribution >= 4 is 5.97 Å². The van der Waals surface area contributed by atoms with Crippen LogP contribution in [-0.4, -0.2) is 33.5 Å². The molecule has 0 aromatic carbocycles. The van der Waals surface area contributed by atoms with Crippen molar-refractivity contribution in [1.29, 1.82) is 0 Å². The summed E-state index contributed by atoms with van der Waals surface area (Å²) < 4.78 is 0. The van der Waals surface area contributed by atoms with E-state index in [1.165, 1.54) is 12.0 Å². The maximum atomic E-state index is 12.2. The van der Waals surface area contributed by atoms with Gasteiger partial charge in [-0.25, -0.2) is 0 Å². The minimum atomic E-state index is -0.752. The second kappa shape index (κ2) is 7.34. The number of rotatable bonds is 1. The molecule has 34 heavy (non-hydrogen) atoms. The van der Waals surface area contributed by atoms with Gasteiger partial charge >= 0.3 is 5.97 Å². The van der Waals surface area contributed by atoms with Gasteiger partial charge < -0.3 is 15.3 Å². The minimum absolute atomic E-state index is 0.0304. The van der Waals surface area contributed by atoms with Crippen LogP contribution in [0.25, 0.3) is 0 Å². The molecule has 0 amide bonds. The summed E-state index contributed by atoms with van der Waals surface area (Å²) in [6, 6.07) is 0. The van der Waals surface area contributed by atoms with Crippen molar-refractivity contribution in [2.24, 2.45) is 56.7 Å². The molecule has 0 aliphatic heterocycles. The molecule has 5 aliphatic rings. The number of fused-ring (bicyclic) bond motifs is 7. The third kappa shape index (κ3) is 2.82. The molecule has 0 aromatic rings. The largest absolute Gasteiger partial charge is 0.481 e. The van der Waals surface area contributed by atoms with E-state index in [2.05, 4.69) is 54.5 Å². The van der Waals surface area contributed by atoms with Crippen LogP contribution in [0.15, 0.2) is 11.6 Å². The SMILES string of the molecule is C[C@@H]1[C@H]2C3=CC[C@@H]4[C@@]5(C)CCC(O)C(C)(C)[C@@H]5CC[C@@]4(C)[C@]3(C)CC[C@@]2(C)C(O)C[C@H]1C(=O)O. The van der Waals surface area contributed by atoms with Gasteiger partial charge in [0, 0.05) is 5.41 Å². The molecule has 5 aliphatic carbocycles. The Bertz CT molecular complexity index is 907. The molecule has 11 atom stereocenters. The van der Waals surface area contributed by atoms with Crippen molar-refractivity contribution in [3.05, 3.63) is 11.6 Å². The molecule has 192 valence electrons. The molecule has 4 nitrogen and oxygen atoms in total. The predicted molar refractivity (Wildman–Crippen MR) is 134 cm³/mol. The molecule has 4 heteroatoms. The summed E-state index contributed by atoms with van der Waals surface area (Å²) in [6.07, 6.45) is 9.55. The van der Waals surface area contributed by atoms with Gasteiger partial charge in [-0.15, -0.1) is 0 Å². The highest BCUT2D eigenvalue weighted by Gasteiger charge is 2.69. The number of allylic oxidation sites excluding steroid dienone is 2. The number of aliphatic hydroxyl groups is 2. The van der Waals surface area contributed by atoms with Crippen LogP contribution >= 0.6 is 0 Å². The zero-order valence-corrected chi connectivity index (χ0v) is 22.5. The van der Waals surface area contributed by atoms with E-state index in [1.807, 2.05) is 0 Å². The van der Waals surface area contributed by atoms with Crippen LogP contribution in [0.5, 0.6) is 0 Å². The lowest BCUT2D eigenvalue weighted by molar-refractivity contribution is -0.209. The smallest absolute Gasteiger partial charge is 0.306 e. The van der Waals surface area contributed by atoms with Crippen molar-refractivity contribution in [3.63, 3.8) is 0 Å². The molecule has 0 aromatic heterocycles. The van der Waals surface area contributed by atoms with Gasteiger partial charge in [-0.2, -0.15) is 0 Å². The fraction of sp³-hybridized carbons (Fsp3) is 0.900. The Kier molecular flexibility index (Phi) is 5.36. The molecule has 0 spiro atoms. The summed E-state index contributed by atoms with van der Waals surface area (Å²) >= 11 is 0. The van der Waals surface area contributed by atoms with Crippen LogP contribution in [-0.2, 0) is 4.79 Å². The Hall–Kier alpha value is -0.870. The van der Waals surface area contributed by atoms with E-state index in [0.717, 1.165) is 38.5 Å². The van der Waals surface area contributed by atoms with E-state index in [9.17, 15) is 20.1 Å². The third-order valence-corrected chi connectivity index (χ3v) is 13.4. The summed E-state index contributed by atoms with van der Waals surface area (Å²) in [5, 5.41) is 32.1. The fourth-order valence-corrected chi connectivity index (χ4v) is 11.0. The maximum Gasteiger partial charge on any atom is 0.306 e. The zero-order chi connectivity index (χ0) is 25.1. The molecular formula is C30H48O4. The van der Waals surface area contributed by atoms with Gasteiger partial charge in [-0.05, 0) is 96.7 Å². The normalized spacial score (nSPS) is 56.3. The van der Waals surface area contributed by atoms with Crippen LogP contribution in [0.1, 0.15) is 99.8 Å². The average Bonchev–Trinajstić information content (AvgIpc) is 2.74. The lowest BCUT2D eigenvalue weighted by Crippen LogP contribution is -2.65. The number of carboxylic acids is 1. The Morgan fingerprint density at radius 2 is 1.56 bits per heavy atom. The predicted octanol–water partition coefficient (Wildman–Crippen LogP) is 6.06. The molecular weight excluding hydrogens is 424 g/mol. The first-order valence-corrected chi connectivity index (χ1v) is 13.9. The van der Waals surface area contributed by atoms with E-state index in [-0.39, 0.29) is 45.0 Å². The van der Waals surface area contributed by atoms with Gasteiger partial charge in [-0.1, -0.05) is 60.1 Å². The summed E-state index contributed by atoms with van der Waals surface area (Å²) in [7, 11) is 0. The quantitative estimate of drug-likeness (QED) is 0.405. The van der Waals surface area contributed by atoms with Crippen molar-refractivity contribution < 1.29 is 20.1 Å². The fourth-order valence-electron chi connectivity index (χ4n) is 11.0. The van der Waals surface area contributed by atoms with Gasteiger partial charge in [0.25, 0.3) is 0 Å². The first-order valence-electron chi connectivity index (χ1n) is 13.9. The first kappa shape index (κ1) is 24.8. The molecule has 4 fully saturated rings. The van der Waals surface area contributed by atoms with Crippen molar-refractivity contribution in [1.82, 2.24) is 0 Å². The Morgan fingerprint density at radius 1 is 0.882 bits per heavy atom. The third-order valence-electron chi connectivity index (χ3n) is 13.4. The molecule has 0 bridgehead atoms. The van der Waals surface area contributed by atoms with Gasteiger partial charge in [0.2, 0.25) is 0 Å². The van der Waals surface area contributed by atoms with Crippen molar-refractivity contribution in [2.75, 3.05) is 0 Å². The van der Waals surface area contributed by atoms with Crippen molar-refractivity contribution in [3.8, 4) is 0 Å². The number of carboxylic acid groups (broad SMARTS) is 1. The number of hydrogen-bond donors (Lipinski definition) is 3. The van der Waals surface area contributed by atoms with E-state index in [1.54, 1.807) is 0 Å². The summed E-state index contributed by atoms with van der Waals surface area (Å²) in [4.78, 5) is 12.2. The summed E-state index contributed by atoms with van der Waals surface area (Å²) in [5.74, 6) is 0.0357. The Labute approximate surface area is 206 Å². The zero-order valence-electron chi connectivity index (χ0n) is 22.5. The van der Waals surface area contributed by atoms with Crippen LogP contribution in [0.4, 0.5) is 0 Å². The summed E-state index contributed by atoms with van der Waals surface area (Å²) in [6.45, 7) is 16.5. The van der Waals surface area contributed by atoms with Gasteiger partial charge in [-0.3, -0.25) is 4.79 Å². The highest BCUT2D eigenvalue weighted by atomic mass is 16.4. The molecule has 0 radical (unpaired) electrons. The molecule has 0 saturated heterocycles. The number of aliphatic hydroxyl groups excluding tert-OH is 2. The van der Waals surface area contributed by atoms with E-state index in [4.69, 9.17) is 0 Å². The molecule has 3 N–H and O–H groups in total. The monoisotopic (exact) mass is 472 g/mol. The molecule has 5 rings (SSSR count). The van der Waals surface area contributed by atoms with E-state index in [0.29, 0.717) is 18.3 Å². The molecule has 4 saturated carbocycles. The number of hydrogen-bond acceptors (Lipinski definition) is 3. The molecule has 0 heterocycles. The van der Waals surface area contributed by atoms with Crippen LogP contribution < -0.4 is 0 Å². The van der Waals surface area contributed by atoms with Crippen molar-refractivity contribution in [2.45, 2.75) is 112 Å². The van der Waals surface area contributed by atoms with Crippen LogP contribution in [0, 0.1) is 56.7 Å². The minimum Gasteiger partial charge on any atom is -0.481 e. The number of carbonyl (C=O) groups is 1. The van der Waals surface area contributed by atoms with Gasteiger partial charge in [0.15, 0.2) is 0 Å². The first-order chi connectivity index (χ1) is 15.6. The molecule has 2 unspecified atom stereocenters. The van der Waals surface area contributed by atoms with E-state index >= 15 is 0 Å². The van der Waals surface area contributed by atoms with Gasteiger partial charge in [0.05, 0.1) is 18.1 Å². The lowest BCUT2D eigenvalue weighted by Gasteiger charge is -2.71.